The minimum Gasteiger partial charge on any atom is -0.354 e. The zero-order chi connectivity index (χ0) is 8.97. The van der Waals surface area contributed by atoms with E-state index in [4.69, 9.17) is 5.73 Å². The van der Waals surface area contributed by atoms with Crippen LogP contribution in [0.3, 0.4) is 0 Å². The van der Waals surface area contributed by atoms with Gasteiger partial charge in [0.05, 0.1) is 6.54 Å². The molecule has 0 aromatic rings. The molecule has 0 radical (unpaired) electrons. The average Bonchev–Trinajstić information content (AvgIpc) is 2.82. The van der Waals surface area contributed by atoms with E-state index in [0.717, 1.165) is 0 Å². The van der Waals surface area contributed by atoms with Crippen molar-refractivity contribution >= 4 is 5.91 Å². The molecule has 0 heterocycles. The van der Waals surface area contributed by atoms with E-state index in [1.807, 2.05) is 7.05 Å². The van der Waals surface area contributed by atoms with Crippen LogP contribution in [0.15, 0.2) is 0 Å². The number of amides is 1. The lowest BCUT2D eigenvalue weighted by Crippen LogP contribution is -2.38. The Hall–Kier alpha value is -0.610. The summed E-state index contributed by atoms with van der Waals surface area (Å²) in [5.74, 6) is 0.0786. The van der Waals surface area contributed by atoms with Gasteiger partial charge in [-0.1, -0.05) is 0 Å². The molecule has 70 valence electrons. The van der Waals surface area contributed by atoms with Crippen LogP contribution in [-0.2, 0) is 4.79 Å². The van der Waals surface area contributed by atoms with E-state index in [1.165, 1.54) is 12.8 Å². The standard InChI is InChI=1S/C8H17N3O/c1-11(7-2-3-7)6-8(12)10-5-4-9/h7H,2-6,9H2,1H3,(H,10,12). The lowest BCUT2D eigenvalue weighted by molar-refractivity contribution is -0.122. The highest BCUT2D eigenvalue weighted by Crippen LogP contribution is 2.24. The molecule has 1 aliphatic carbocycles. The van der Waals surface area contributed by atoms with Crippen LogP contribution >= 0.6 is 0 Å². The Kier molecular flexibility index (Phi) is 3.49. The number of rotatable bonds is 5. The number of carbonyl (C=O) groups is 1. The molecule has 0 bridgehead atoms. The molecule has 0 atom stereocenters. The van der Waals surface area contributed by atoms with Crippen LogP contribution in [-0.4, -0.2) is 43.5 Å². The minimum absolute atomic E-state index is 0.0786. The minimum atomic E-state index is 0.0786. The maximum Gasteiger partial charge on any atom is 0.234 e. The predicted molar refractivity (Wildman–Crippen MR) is 47.7 cm³/mol. The van der Waals surface area contributed by atoms with Crippen molar-refractivity contribution in [3.05, 3.63) is 0 Å². The number of carbonyl (C=O) groups excluding carboxylic acids is 1. The summed E-state index contributed by atoms with van der Waals surface area (Å²) < 4.78 is 0. The van der Waals surface area contributed by atoms with Gasteiger partial charge < -0.3 is 11.1 Å². The summed E-state index contributed by atoms with van der Waals surface area (Å²) >= 11 is 0. The van der Waals surface area contributed by atoms with E-state index in [1.54, 1.807) is 0 Å². The van der Waals surface area contributed by atoms with Gasteiger partial charge in [0.1, 0.15) is 0 Å². The van der Waals surface area contributed by atoms with E-state index in [2.05, 4.69) is 10.2 Å². The Morgan fingerprint density at radius 1 is 1.67 bits per heavy atom. The molecular formula is C8H17N3O. The van der Waals surface area contributed by atoms with Gasteiger partial charge in [-0.15, -0.1) is 0 Å². The summed E-state index contributed by atoms with van der Waals surface area (Å²) in [7, 11) is 1.99. The second kappa shape index (κ2) is 4.42. The van der Waals surface area contributed by atoms with Crippen molar-refractivity contribution in [3.63, 3.8) is 0 Å². The molecule has 1 amide bonds. The van der Waals surface area contributed by atoms with Crippen LogP contribution in [0.5, 0.6) is 0 Å². The Morgan fingerprint density at radius 2 is 2.33 bits per heavy atom. The van der Waals surface area contributed by atoms with Crippen molar-refractivity contribution in [2.24, 2.45) is 5.73 Å². The molecule has 0 saturated heterocycles. The van der Waals surface area contributed by atoms with Crippen molar-refractivity contribution in [3.8, 4) is 0 Å². The van der Waals surface area contributed by atoms with E-state index < -0.39 is 0 Å². The lowest BCUT2D eigenvalue weighted by Gasteiger charge is -2.14. The normalized spacial score (nSPS) is 16.6. The third-order valence-electron chi connectivity index (χ3n) is 2.03. The van der Waals surface area contributed by atoms with Crippen molar-refractivity contribution in [1.29, 1.82) is 0 Å². The first-order chi connectivity index (χ1) is 5.74. The van der Waals surface area contributed by atoms with Gasteiger partial charge in [-0.25, -0.2) is 0 Å². The first-order valence-corrected chi connectivity index (χ1v) is 4.41. The fourth-order valence-corrected chi connectivity index (χ4v) is 1.14. The topological polar surface area (TPSA) is 58.4 Å². The fraction of sp³-hybridized carbons (Fsp3) is 0.875. The molecule has 0 aliphatic heterocycles. The third kappa shape index (κ3) is 3.19. The maximum absolute atomic E-state index is 11.1. The van der Waals surface area contributed by atoms with Crippen LogP contribution in [0.2, 0.25) is 0 Å². The largest absolute Gasteiger partial charge is 0.354 e. The quantitative estimate of drug-likeness (QED) is 0.567. The van der Waals surface area contributed by atoms with Crippen LogP contribution in [0.4, 0.5) is 0 Å². The number of hydrogen-bond acceptors (Lipinski definition) is 3. The van der Waals surface area contributed by atoms with Crippen molar-refractivity contribution in [1.82, 2.24) is 10.2 Å². The fourth-order valence-electron chi connectivity index (χ4n) is 1.14. The van der Waals surface area contributed by atoms with Crippen LogP contribution in [0.25, 0.3) is 0 Å². The van der Waals surface area contributed by atoms with Crippen LogP contribution in [0.1, 0.15) is 12.8 Å². The lowest BCUT2D eigenvalue weighted by atomic mass is 10.4. The van der Waals surface area contributed by atoms with Gasteiger partial charge in [-0.2, -0.15) is 0 Å². The Morgan fingerprint density at radius 3 is 2.83 bits per heavy atom. The smallest absolute Gasteiger partial charge is 0.234 e. The first-order valence-electron chi connectivity index (χ1n) is 4.41. The maximum atomic E-state index is 11.1. The molecule has 4 heteroatoms. The van der Waals surface area contributed by atoms with E-state index in [9.17, 15) is 4.79 Å². The summed E-state index contributed by atoms with van der Waals surface area (Å²) in [4.78, 5) is 13.2. The van der Waals surface area contributed by atoms with Gasteiger partial charge in [0.25, 0.3) is 0 Å². The van der Waals surface area contributed by atoms with Gasteiger partial charge >= 0.3 is 0 Å². The molecule has 1 rings (SSSR count). The highest BCUT2D eigenvalue weighted by atomic mass is 16.2. The number of nitrogens with two attached hydrogens (primary N) is 1. The number of likely N-dealkylation sites (N-methyl/N-ethyl adjacent to an activating group) is 1. The van der Waals surface area contributed by atoms with Gasteiger partial charge in [-0.3, -0.25) is 9.69 Å². The molecule has 1 aliphatic rings. The van der Waals surface area contributed by atoms with Crippen molar-refractivity contribution in [2.45, 2.75) is 18.9 Å². The monoisotopic (exact) mass is 171 g/mol. The summed E-state index contributed by atoms with van der Waals surface area (Å²) in [5, 5.41) is 2.74. The molecule has 0 aromatic heterocycles. The molecule has 12 heavy (non-hydrogen) atoms. The molecule has 4 nitrogen and oxygen atoms in total. The zero-order valence-electron chi connectivity index (χ0n) is 7.55. The molecule has 1 saturated carbocycles. The molecular weight excluding hydrogens is 154 g/mol. The molecule has 1 fully saturated rings. The summed E-state index contributed by atoms with van der Waals surface area (Å²) in [6, 6.07) is 0.647. The molecule has 0 unspecified atom stereocenters. The first kappa shape index (κ1) is 9.48. The Balaban J connectivity index is 2.07. The van der Waals surface area contributed by atoms with Gasteiger partial charge in [-0.05, 0) is 19.9 Å². The van der Waals surface area contributed by atoms with Crippen LogP contribution in [0, 0.1) is 0 Å². The zero-order valence-corrected chi connectivity index (χ0v) is 7.55. The van der Waals surface area contributed by atoms with Crippen molar-refractivity contribution < 1.29 is 4.79 Å². The third-order valence-corrected chi connectivity index (χ3v) is 2.03. The highest BCUT2D eigenvalue weighted by Gasteiger charge is 2.26. The highest BCUT2D eigenvalue weighted by molar-refractivity contribution is 5.78. The SMILES string of the molecule is CN(CC(=O)NCCN)C1CC1. The van der Waals surface area contributed by atoms with E-state index in [-0.39, 0.29) is 5.91 Å². The predicted octanol–water partition coefficient (Wildman–Crippen LogP) is -0.844. The van der Waals surface area contributed by atoms with E-state index >= 15 is 0 Å². The summed E-state index contributed by atoms with van der Waals surface area (Å²) in [6.45, 7) is 1.60. The van der Waals surface area contributed by atoms with Crippen LogP contribution < -0.4 is 11.1 Å². The number of hydrogen-bond donors (Lipinski definition) is 2. The Labute approximate surface area is 73.1 Å². The molecule has 3 N–H and O–H groups in total. The second-order valence-corrected chi connectivity index (χ2v) is 3.28. The van der Waals surface area contributed by atoms with Gasteiger partial charge in [0, 0.05) is 19.1 Å². The molecule has 0 aromatic carbocycles. The summed E-state index contributed by atoms with van der Waals surface area (Å²) in [5.41, 5.74) is 5.25. The second-order valence-electron chi connectivity index (χ2n) is 3.28. The Bertz CT molecular complexity index is 156. The average molecular weight is 171 g/mol. The molecule has 0 spiro atoms. The van der Waals surface area contributed by atoms with Gasteiger partial charge in [0.15, 0.2) is 0 Å². The van der Waals surface area contributed by atoms with Gasteiger partial charge in [0.2, 0.25) is 5.91 Å². The number of nitrogens with one attached hydrogen (secondary N) is 1. The summed E-state index contributed by atoms with van der Waals surface area (Å²) in [6.07, 6.45) is 2.47. The van der Waals surface area contributed by atoms with Crippen molar-refractivity contribution in [2.75, 3.05) is 26.7 Å². The number of nitrogens with zero attached hydrogens (tertiary/aromatic N) is 1. The van der Waals surface area contributed by atoms with E-state index in [0.29, 0.717) is 25.7 Å².